The number of carbonyl (C=O) groups is 2. The molecular formula is C26H28N6O3. The van der Waals surface area contributed by atoms with E-state index < -0.39 is 5.91 Å². The summed E-state index contributed by atoms with van der Waals surface area (Å²) in [5, 5.41) is 7.86. The van der Waals surface area contributed by atoms with Crippen molar-refractivity contribution in [2.45, 2.75) is 65.3 Å². The van der Waals surface area contributed by atoms with Crippen LogP contribution in [0.1, 0.15) is 79.1 Å². The third-order valence-electron chi connectivity index (χ3n) is 6.46. The number of rotatable bonds is 4. The number of benzene rings is 1. The van der Waals surface area contributed by atoms with E-state index in [-0.39, 0.29) is 23.1 Å². The molecule has 1 amide bonds. The Morgan fingerprint density at radius 3 is 2.71 bits per heavy atom. The molecule has 35 heavy (non-hydrogen) atoms. The van der Waals surface area contributed by atoms with Gasteiger partial charge in [-0.2, -0.15) is 4.98 Å². The second-order valence-electron chi connectivity index (χ2n) is 10.2. The predicted octanol–water partition coefficient (Wildman–Crippen LogP) is 4.16. The number of amides is 1. The Morgan fingerprint density at radius 2 is 2.00 bits per heavy atom. The molecule has 1 aliphatic rings. The molecule has 0 spiro atoms. The van der Waals surface area contributed by atoms with Gasteiger partial charge in [-0.25, -0.2) is 9.97 Å². The Bertz CT molecular complexity index is 1460. The monoisotopic (exact) mass is 472 g/mol. The van der Waals surface area contributed by atoms with Gasteiger partial charge in [-0.15, -0.1) is 0 Å². The Morgan fingerprint density at radius 1 is 1.20 bits per heavy atom. The molecule has 0 saturated heterocycles. The minimum Gasteiger partial charge on any atom is -0.342 e. The summed E-state index contributed by atoms with van der Waals surface area (Å²) in [5.74, 6) is 0.276. The Labute approximate surface area is 202 Å². The summed E-state index contributed by atoms with van der Waals surface area (Å²) in [6.45, 7) is 9.81. The second kappa shape index (κ2) is 8.41. The van der Waals surface area contributed by atoms with E-state index in [2.05, 4.69) is 36.5 Å². The van der Waals surface area contributed by atoms with Crippen LogP contribution < -0.4 is 5.32 Å². The molecule has 1 aliphatic carbocycles. The summed E-state index contributed by atoms with van der Waals surface area (Å²) >= 11 is 0. The molecule has 3 aromatic heterocycles. The van der Waals surface area contributed by atoms with Crippen molar-refractivity contribution in [2.75, 3.05) is 0 Å². The maximum Gasteiger partial charge on any atom is 0.315 e. The van der Waals surface area contributed by atoms with E-state index in [1.807, 2.05) is 46.8 Å². The van der Waals surface area contributed by atoms with Crippen LogP contribution in [-0.4, -0.2) is 36.8 Å². The fraction of sp³-hybridized carbons (Fsp3) is 0.385. The molecule has 0 saturated carbocycles. The maximum absolute atomic E-state index is 12.7. The zero-order valence-electron chi connectivity index (χ0n) is 20.5. The molecule has 0 bridgehead atoms. The van der Waals surface area contributed by atoms with E-state index in [1.54, 1.807) is 6.33 Å². The first-order valence-corrected chi connectivity index (χ1v) is 11.7. The lowest BCUT2D eigenvalue weighted by Crippen LogP contribution is -2.27. The van der Waals surface area contributed by atoms with Gasteiger partial charge in [0.05, 0.1) is 11.7 Å². The van der Waals surface area contributed by atoms with Crippen LogP contribution in [0.15, 0.2) is 29.0 Å². The van der Waals surface area contributed by atoms with Crippen molar-refractivity contribution in [1.29, 1.82) is 0 Å². The van der Waals surface area contributed by atoms with E-state index in [9.17, 15) is 9.59 Å². The molecule has 2 N–H and O–H groups in total. The largest absolute Gasteiger partial charge is 0.342 e. The summed E-state index contributed by atoms with van der Waals surface area (Å²) in [7, 11) is 0. The van der Waals surface area contributed by atoms with Crippen LogP contribution in [0.25, 0.3) is 22.3 Å². The van der Waals surface area contributed by atoms with Gasteiger partial charge < -0.3 is 14.8 Å². The Kier molecular flexibility index (Phi) is 5.50. The number of fused-ring (bicyclic) bond motifs is 3. The first kappa shape index (κ1) is 22.9. The van der Waals surface area contributed by atoms with Gasteiger partial charge in [0.15, 0.2) is 5.82 Å². The number of carbonyl (C=O) groups excluding carboxylic acids is 2. The molecule has 0 fully saturated rings. The van der Waals surface area contributed by atoms with Gasteiger partial charge >= 0.3 is 11.8 Å². The molecule has 5 rings (SSSR count). The Hall–Kier alpha value is -3.88. The van der Waals surface area contributed by atoms with Crippen molar-refractivity contribution < 1.29 is 14.1 Å². The van der Waals surface area contributed by atoms with E-state index in [0.29, 0.717) is 25.1 Å². The van der Waals surface area contributed by atoms with Crippen LogP contribution in [0.4, 0.5) is 0 Å². The molecule has 4 aromatic rings. The van der Waals surface area contributed by atoms with Gasteiger partial charge in [0.1, 0.15) is 17.8 Å². The molecule has 1 atom stereocenters. The van der Waals surface area contributed by atoms with Crippen LogP contribution in [0.2, 0.25) is 0 Å². The van der Waals surface area contributed by atoms with Crippen molar-refractivity contribution in [2.24, 2.45) is 0 Å². The third kappa shape index (κ3) is 4.22. The zero-order valence-corrected chi connectivity index (χ0v) is 20.5. The SMILES string of the molecule is Cc1cc(-c2ncnc3[nH]c4c(c23)CCC(=O)C4)ccc1[C@@H](C)NC(=O)c1nc(C(C)(C)C)no1. The number of hydrogen-bond donors (Lipinski definition) is 2. The van der Waals surface area contributed by atoms with Gasteiger partial charge in [0.25, 0.3) is 0 Å². The van der Waals surface area contributed by atoms with E-state index >= 15 is 0 Å². The molecule has 3 heterocycles. The van der Waals surface area contributed by atoms with Crippen molar-refractivity contribution in [3.63, 3.8) is 0 Å². The van der Waals surface area contributed by atoms with Gasteiger partial charge in [-0.05, 0) is 43.0 Å². The Balaban J connectivity index is 1.41. The highest BCUT2D eigenvalue weighted by Crippen LogP contribution is 2.34. The summed E-state index contributed by atoms with van der Waals surface area (Å²) in [6, 6.07) is 5.81. The number of hydrogen-bond acceptors (Lipinski definition) is 7. The first-order chi connectivity index (χ1) is 16.6. The number of Topliss-reactive ketones (excluding diaryl/α,β-unsaturated/α-hetero) is 1. The molecule has 180 valence electrons. The second-order valence-corrected chi connectivity index (χ2v) is 10.2. The molecule has 0 unspecified atom stereocenters. The number of aromatic amines is 1. The van der Waals surface area contributed by atoms with Crippen molar-refractivity contribution >= 4 is 22.7 Å². The fourth-order valence-electron chi connectivity index (χ4n) is 4.60. The molecular weight excluding hydrogens is 444 g/mol. The van der Waals surface area contributed by atoms with Crippen LogP contribution in [0.3, 0.4) is 0 Å². The van der Waals surface area contributed by atoms with Crippen molar-refractivity contribution in [3.05, 3.63) is 58.6 Å². The zero-order chi connectivity index (χ0) is 24.9. The summed E-state index contributed by atoms with van der Waals surface area (Å²) in [5.41, 5.74) is 6.32. The topological polar surface area (TPSA) is 127 Å². The summed E-state index contributed by atoms with van der Waals surface area (Å²) in [6.07, 6.45) is 3.20. The van der Waals surface area contributed by atoms with E-state index in [1.165, 1.54) is 0 Å². The van der Waals surface area contributed by atoms with Crippen LogP contribution in [0, 0.1) is 6.92 Å². The average molecular weight is 473 g/mol. The predicted molar refractivity (Wildman–Crippen MR) is 130 cm³/mol. The highest BCUT2D eigenvalue weighted by molar-refractivity contribution is 5.97. The van der Waals surface area contributed by atoms with Gasteiger partial charge in [-0.1, -0.05) is 38.1 Å². The number of nitrogens with one attached hydrogen (secondary N) is 2. The minimum atomic E-state index is -0.407. The number of ketones is 1. The molecule has 9 heteroatoms. The lowest BCUT2D eigenvalue weighted by atomic mass is 9.92. The number of H-pyrrole nitrogens is 1. The van der Waals surface area contributed by atoms with Crippen molar-refractivity contribution in [3.8, 4) is 11.3 Å². The van der Waals surface area contributed by atoms with E-state index in [0.717, 1.165) is 44.7 Å². The van der Waals surface area contributed by atoms with Crippen LogP contribution in [-0.2, 0) is 23.1 Å². The molecule has 0 radical (unpaired) electrons. The first-order valence-electron chi connectivity index (χ1n) is 11.7. The van der Waals surface area contributed by atoms with Gasteiger partial charge in [-0.3, -0.25) is 9.59 Å². The third-order valence-corrected chi connectivity index (χ3v) is 6.46. The average Bonchev–Trinajstić information content (AvgIpc) is 3.43. The number of nitrogens with zero attached hydrogens (tertiary/aromatic N) is 4. The molecule has 0 aliphatic heterocycles. The van der Waals surface area contributed by atoms with Gasteiger partial charge in [0, 0.05) is 34.9 Å². The quantitative estimate of drug-likeness (QED) is 0.456. The lowest BCUT2D eigenvalue weighted by Gasteiger charge is -2.17. The highest BCUT2D eigenvalue weighted by Gasteiger charge is 2.26. The summed E-state index contributed by atoms with van der Waals surface area (Å²) in [4.78, 5) is 41.1. The molecule has 9 nitrogen and oxygen atoms in total. The maximum atomic E-state index is 12.7. The lowest BCUT2D eigenvalue weighted by molar-refractivity contribution is -0.118. The smallest absolute Gasteiger partial charge is 0.315 e. The van der Waals surface area contributed by atoms with Crippen LogP contribution in [0.5, 0.6) is 0 Å². The summed E-state index contributed by atoms with van der Waals surface area (Å²) < 4.78 is 5.17. The highest BCUT2D eigenvalue weighted by atomic mass is 16.5. The van der Waals surface area contributed by atoms with E-state index in [4.69, 9.17) is 4.52 Å². The molecule has 1 aromatic carbocycles. The standard InChI is InChI=1S/C26H28N6O3/c1-13-10-15(21-20-18-9-7-16(33)11-19(18)30-22(20)28-12-27-21)6-8-17(13)14(2)29-23(34)24-31-25(32-35-24)26(3,4)5/h6,8,10,12,14H,7,9,11H2,1-5H3,(H,29,34)(H,27,28,30)/t14-/m1/s1. The normalized spacial score (nSPS) is 14.7. The van der Waals surface area contributed by atoms with Crippen LogP contribution >= 0.6 is 0 Å². The fourth-order valence-corrected chi connectivity index (χ4v) is 4.60. The van der Waals surface area contributed by atoms with Gasteiger partial charge in [0.2, 0.25) is 0 Å². The number of aryl methyl sites for hydroxylation is 2. The number of aromatic nitrogens is 5. The minimum absolute atomic E-state index is 0.0462. The van der Waals surface area contributed by atoms with Crippen molar-refractivity contribution in [1.82, 2.24) is 30.4 Å².